The van der Waals surface area contributed by atoms with Crippen LogP contribution >= 0.6 is 11.8 Å². The highest BCUT2D eigenvalue weighted by Gasteiger charge is 2.30. The van der Waals surface area contributed by atoms with E-state index >= 15 is 0 Å². The van der Waals surface area contributed by atoms with Crippen LogP contribution in [-0.4, -0.2) is 25.0 Å². The average molecular weight is 341 g/mol. The molecule has 124 valence electrons. The molecule has 6 nitrogen and oxygen atoms in total. The van der Waals surface area contributed by atoms with Gasteiger partial charge in [-0.1, -0.05) is 29.5 Å². The molecule has 0 N–H and O–H groups in total. The van der Waals surface area contributed by atoms with Crippen molar-refractivity contribution in [2.75, 3.05) is 0 Å². The Morgan fingerprint density at radius 3 is 2.58 bits per heavy atom. The second kappa shape index (κ2) is 6.05. The third-order valence-electron chi connectivity index (χ3n) is 4.18. The van der Waals surface area contributed by atoms with Crippen LogP contribution in [0.4, 0.5) is 0 Å². The molecule has 7 heteroatoms. The van der Waals surface area contributed by atoms with Crippen LogP contribution in [0.3, 0.4) is 0 Å². The van der Waals surface area contributed by atoms with E-state index in [1.54, 1.807) is 11.8 Å². The maximum Gasteiger partial charge on any atom is 0.247 e. The molecule has 1 aliphatic rings. The fourth-order valence-electron chi connectivity index (χ4n) is 2.55. The summed E-state index contributed by atoms with van der Waals surface area (Å²) in [4.78, 5) is 0. The van der Waals surface area contributed by atoms with Crippen molar-refractivity contribution in [3.8, 4) is 11.5 Å². The van der Waals surface area contributed by atoms with E-state index in [0.717, 1.165) is 16.5 Å². The van der Waals surface area contributed by atoms with Gasteiger partial charge in [0.15, 0.2) is 5.16 Å². The highest BCUT2D eigenvalue weighted by atomic mass is 32.2. The van der Waals surface area contributed by atoms with Crippen molar-refractivity contribution in [1.82, 2.24) is 25.0 Å². The van der Waals surface area contributed by atoms with Gasteiger partial charge < -0.3 is 8.98 Å². The number of benzene rings is 1. The lowest BCUT2D eigenvalue weighted by molar-refractivity contribution is 0.508. The topological polar surface area (TPSA) is 69.6 Å². The van der Waals surface area contributed by atoms with Crippen LogP contribution in [0.2, 0.25) is 0 Å². The van der Waals surface area contributed by atoms with Crippen molar-refractivity contribution in [1.29, 1.82) is 0 Å². The zero-order valence-electron chi connectivity index (χ0n) is 13.9. The van der Waals surface area contributed by atoms with Crippen molar-refractivity contribution >= 4 is 11.8 Å². The molecule has 0 spiro atoms. The molecular weight excluding hydrogens is 322 g/mol. The summed E-state index contributed by atoms with van der Waals surface area (Å²) < 4.78 is 7.93. The van der Waals surface area contributed by atoms with Crippen LogP contribution in [0, 0.1) is 6.92 Å². The lowest BCUT2D eigenvalue weighted by Crippen LogP contribution is -1.98. The van der Waals surface area contributed by atoms with Gasteiger partial charge >= 0.3 is 0 Å². The molecule has 24 heavy (non-hydrogen) atoms. The minimum atomic E-state index is 0.0200. The summed E-state index contributed by atoms with van der Waals surface area (Å²) in [5, 5.41) is 17.9. The molecule has 2 aromatic heterocycles. The van der Waals surface area contributed by atoms with E-state index in [4.69, 9.17) is 4.42 Å². The summed E-state index contributed by atoms with van der Waals surface area (Å²) in [5.41, 5.74) is 2.14. The first-order valence-electron chi connectivity index (χ1n) is 8.08. The summed E-state index contributed by atoms with van der Waals surface area (Å²) in [6.07, 6.45) is 2.44. The molecule has 4 rings (SSSR count). The van der Waals surface area contributed by atoms with E-state index in [2.05, 4.69) is 31.9 Å². The van der Waals surface area contributed by atoms with Gasteiger partial charge in [-0.15, -0.1) is 20.4 Å². The Hall–Kier alpha value is -2.15. The van der Waals surface area contributed by atoms with Crippen molar-refractivity contribution in [3.05, 3.63) is 41.5 Å². The maximum absolute atomic E-state index is 5.85. The number of aryl methyl sites for hydroxylation is 1. The Kier molecular flexibility index (Phi) is 3.88. The zero-order chi connectivity index (χ0) is 16.7. The van der Waals surface area contributed by atoms with Gasteiger partial charge in [0.1, 0.15) is 5.82 Å². The smallest absolute Gasteiger partial charge is 0.247 e. The Labute approximate surface area is 144 Å². The third-order valence-corrected chi connectivity index (χ3v) is 5.30. The lowest BCUT2D eigenvalue weighted by Gasteiger charge is -2.06. The lowest BCUT2D eigenvalue weighted by atomic mass is 10.1. The van der Waals surface area contributed by atoms with Gasteiger partial charge in [0.2, 0.25) is 11.8 Å². The predicted octanol–water partition coefficient (Wildman–Crippen LogP) is 3.90. The highest BCUT2D eigenvalue weighted by Crippen LogP contribution is 2.41. The molecule has 0 aliphatic heterocycles. The number of hydrogen-bond acceptors (Lipinski definition) is 6. The Morgan fingerprint density at radius 2 is 1.88 bits per heavy atom. The number of thioether (sulfide) groups is 1. The van der Waals surface area contributed by atoms with Crippen LogP contribution in [0.1, 0.15) is 48.2 Å². The molecule has 1 aromatic carbocycles. The summed E-state index contributed by atoms with van der Waals surface area (Å²) in [6.45, 7) is 4.10. The molecule has 0 radical (unpaired) electrons. The summed E-state index contributed by atoms with van der Waals surface area (Å²) in [5.74, 6) is 2.82. The zero-order valence-corrected chi connectivity index (χ0v) is 14.7. The predicted molar refractivity (Wildman–Crippen MR) is 91.7 cm³/mol. The molecule has 0 unspecified atom stereocenters. The van der Waals surface area contributed by atoms with Crippen molar-refractivity contribution in [3.63, 3.8) is 0 Å². The molecule has 1 aliphatic carbocycles. The Balaban J connectivity index is 1.50. The largest absolute Gasteiger partial charge is 0.419 e. The van der Waals surface area contributed by atoms with Gasteiger partial charge in [-0.2, -0.15) is 0 Å². The summed E-state index contributed by atoms with van der Waals surface area (Å²) in [7, 11) is 2.02. The molecule has 1 atom stereocenters. The highest BCUT2D eigenvalue weighted by molar-refractivity contribution is 7.99. The normalized spacial score (nSPS) is 15.6. The second-order valence-electron chi connectivity index (χ2n) is 6.25. The standard InChI is InChI=1S/C17H19N5OS/c1-10-4-6-13(7-5-10)16-20-19-15(23-16)11(2)24-17-21-18-14(22(17)3)12-8-9-12/h4-7,11-12H,8-9H2,1-3H3/t11-/m0/s1. The molecule has 2 heterocycles. The molecule has 1 fully saturated rings. The molecule has 0 bridgehead atoms. The van der Waals surface area contributed by atoms with E-state index in [-0.39, 0.29) is 5.25 Å². The van der Waals surface area contributed by atoms with E-state index < -0.39 is 0 Å². The van der Waals surface area contributed by atoms with E-state index in [0.29, 0.717) is 17.7 Å². The van der Waals surface area contributed by atoms with Gasteiger partial charge in [0.05, 0.1) is 5.25 Å². The first-order valence-corrected chi connectivity index (χ1v) is 8.96. The van der Waals surface area contributed by atoms with E-state index in [9.17, 15) is 0 Å². The van der Waals surface area contributed by atoms with Crippen molar-refractivity contribution in [2.24, 2.45) is 7.05 Å². The quantitative estimate of drug-likeness (QED) is 0.656. The van der Waals surface area contributed by atoms with Crippen molar-refractivity contribution < 1.29 is 4.42 Å². The van der Waals surface area contributed by atoms with Gasteiger partial charge in [-0.25, -0.2) is 0 Å². The molecule has 0 saturated heterocycles. The first-order chi connectivity index (χ1) is 11.6. The van der Waals surface area contributed by atoms with Crippen LogP contribution in [0.25, 0.3) is 11.5 Å². The fraction of sp³-hybridized carbons (Fsp3) is 0.412. The van der Waals surface area contributed by atoms with Crippen molar-refractivity contribution in [2.45, 2.75) is 43.0 Å². The number of aromatic nitrogens is 5. The summed E-state index contributed by atoms with van der Waals surface area (Å²) >= 11 is 1.59. The minimum absolute atomic E-state index is 0.0200. The number of nitrogens with zero attached hydrogens (tertiary/aromatic N) is 5. The summed E-state index contributed by atoms with van der Waals surface area (Å²) in [6, 6.07) is 8.07. The minimum Gasteiger partial charge on any atom is -0.419 e. The number of hydrogen-bond donors (Lipinski definition) is 0. The van der Waals surface area contributed by atoms with Gasteiger partial charge in [0.25, 0.3) is 0 Å². The third kappa shape index (κ3) is 2.96. The molecular formula is C17H19N5OS. The SMILES string of the molecule is Cc1ccc(-c2nnc([C@H](C)Sc3nnc(C4CC4)n3C)o2)cc1. The fourth-order valence-corrected chi connectivity index (χ4v) is 3.40. The number of rotatable bonds is 5. The van der Waals surface area contributed by atoms with E-state index in [1.807, 2.05) is 38.2 Å². The van der Waals surface area contributed by atoms with E-state index in [1.165, 1.54) is 18.4 Å². The van der Waals surface area contributed by atoms with Gasteiger partial charge in [-0.3, -0.25) is 0 Å². The molecule has 1 saturated carbocycles. The Bertz CT molecular complexity index is 850. The van der Waals surface area contributed by atoms with Gasteiger partial charge in [-0.05, 0) is 38.8 Å². The second-order valence-corrected chi connectivity index (χ2v) is 7.55. The maximum atomic E-state index is 5.85. The van der Waals surface area contributed by atoms with Gasteiger partial charge in [0, 0.05) is 18.5 Å². The first kappa shape index (κ1) is 15.4. The monoisotopic (exact) mass is 341 g/mol. The van der Waals surface area contributed by atoms with Crippen LogP contribution in [-0.2, 0) is 7.05 Å². The average Bonchev–Trinajstić information content (AvgIpc) is 3.18. The van der Waals surface area contributed by atoms with Crippen LogP contribution in [0.15, 0.2) is 33.8 Å². The molecule has 3 aromatic rings. The Morgan fingerprint density at radius 1 is 1.12 bits per heavy atom. The van der Waals surface area contributed by atoms with Crippen LogP contribution < -0.4 is 0 Å². The molecule has 0 amide bonds. The van der Waals surface area contributed by atoms with Crippen LogP contribution in [0.5, 0.6) is 0 Å².